The Morgan fingerprint density at radius 3 is 1.36 bits per heavy atom. The van der Waals surface area contributed by atoms with Gasteiger partial charge in [-0.3, -0.25) is 4.18 Å². The number of ether oxygens (including phenoxy) is 1. The maximum absolute atomic E-state index is 11.7. The Balaban J connectivity index is 2.09. The molecule has 0 atom stereocenters. The van der Waals surface area contributed by atoms with Crippen molar-refractivity contribution in [1.82, 2.24) is 0 Å². The van der Waals surface area contributed by atoms with Gasteiger partial charge >= 0.3 is 0 Å². The first-order chi connectivity index (χ1) is 15.5. The van der Waals surface area contributed by atoms with Crippen LogP contribution in [0.1, 0.15) is 50.8 Å². The average Bonchev–Trinajstić information content (AvgIpc) is 2.74. The molecule has 4 nitrogen and oxygen atoms in total. The lowest BCUT2D eigenvalue weighted by molar-refractivity contribution is -0.0678. The van der Waals surface area contributed by atoms with E-state index in [0.29, 0.717) is 13.0 Å². The Bertz CT molecular complexity index is 1030. The zero-order chi connectivity index (χ0) is 24.2. The molecule has 0 aliphatic heterocycles. The molecule has 3 aromatic carbocycles. The van der Waals surface area contributed by atoms with Gasteiger partial charge in [0.25, 0.3) is 10.1 Å². The molecular formula is C28H34O4S. The standard InChI is InChI=1S/C28H34O4S/c1-26(2,32-33(5,29)30)21-22-31-27(3,4)28(23-15-9-6-10-16-23,24-17-11-7-12-18-24)25-19-13-8-14-20-25/h6-20H,21-22H2,1-5H3. The van der Waals surface area contributed by atoms with Crippen molar-refractivity contribution in [1.29, 1.82) is 0 Å². The minimum Gasteiger partial charge on any atom is -0.374 e. The van der Waals surface area contributed by atoms with Crippen LogP contribution < -0.4 is 0 Å². The van der Waals surface area contributed by atoms with Crippen molar-refractivity contribution in [2.75, 3.05) is 12.9 Å². The third-order valence-electron chi connectivity index (χ3n) is 6.07. The highest BCUT2D eigenvalue weighted by Gasteiger charge is 2.50. The quantitative estimate of drug-likeness (QED) is 0.273. The highest BCUT2D eigenvalue weighted by Crippen LogP contribution is 2.49. The molecule has 3 aromatic rings. The number of rotatable bonds is 10. The van der Waals surface area contributed by atoms with Crippen molar-refractivity contribution in [3.63, 3.8) is 0 Å². The summed E-state index contributed by atoms with van der Waals surface area (Å²) in [4.78, 5) is 0. The van der Waals surface area contributed by atoms with Crippen LogP contribution in [0.15, 0.2) is 91.0 Å². The molecule has 0 amide bonds. The van der Waals surface area contributed by atoms with E-state index < -0.39 is 26.7 Å². The van der Waals surface area contributed by atoms with Gasteiger partial charge in [-0.05, 0) is 44.4 Å². The fourth-order valence-electron chi connectivity index (χ4n) is 4.72. The van der Waals surface area contributed by atoms with Gasteiger partial charge in [-0.15, -0.1) is 0 Å². The van der Waals surface area contributed by atoms with Crippen molar-refractivity contribution in [3.8, 4) is 0 Å². The lowest BCUT2D eigenvalue weighted by atomic mass is 9.60. The summed E-state index contributed by atoms with van der Waals surface area (Å²) >= 11 is 0. The van der Waals surface area contributed by atoms with E-state index in [0.717, 1.165) is 22.9 Å². The fraction of sp³-hybridized carbons (Fsp3) is 0.357. The minimum absolute atomic E-state index is 0.337. The molecule has 0 aromatic heterocycles. The number of hydrogen-bond acceptors (Lipinski definition) is 4. The molecule has 33 heavy (non-hydrogen) atoms. The van der Waals surface area contributed by atoms with Gasteiger partial charge in [0.2, 0.25) is 0 Å². The third kappa shape index (κ3) is 5.72. The van der Waals surface area contributed by atoms with Crippen LogP contribution in [0.4, 0.5) is 0 Å². The molecule has 176 valence electrons. The number of hydrogen-bond donors (Lipinski definition) is 0. The summed E-state index contributed by atoms with van der Waals surface area (Å²) in [7, 11) is -3.56. The van der Waals surface area contributed by atoms with E-state index in [1.807, 2.05) is 18.2 Å². The van der Waals surface area contributed by atoms with Crippen molar-refractivity contribution in [2.24, 2.45) is 0 Å². The second-order valence-corrected chi connectivity index (χ2v) is 11.1. The van der Waals surface area contributed by atoms with Gasteiger partial charge in [0.15, 0.2) is 0 Å². The largest absolute Gasteiger partial charge is 0.374 e. The Kier molecular flexibility index (Phi) is 7.47. The Labute approximate surface area is 198 Å². The Morgan fingerprint density at radius 2 is 1.03 bits per heavy atom. The van der Waals surface area contributed by atoms with Crippen molar-refractivity contribution >= 4 is 10.1 Å². The average molecular weight is 467 g/mol. The molecule has 0 N–H and O–H groups in total. The highest BCUT2D eigenvalue weighted by molar-refractivity contribution is 7.86. The first-order valence-corrected chi connectivity index (χ1v) is 13.0. The van der Waals surface area contributed by atoms with Crippen LogP contribution in [0.3, 0.4) is 0 Å². The van der Waals surface area contributed by atoms with E-state index in [2.05, 4.69) is 86.6 Å². The summed E-state index contributed by atoms with van der Waals surface area (Å²) in [6.07, 6.45) is 1.50. The molecule has 0 fully saturated rings. The Morgan fingerprint density at radius 1 is 0.667 bits per heavy atom. The van der Waals surface area contributed by atoms with Gasteiger partial charge in [-0.1, -0.05) is 91.0 Å². The van der Waals surface area contributed by atoms with Gasteiger partial charge in [0.05, 0.1) is 29.5 Å². The van der Waals surface area contributed by atoms with Gasteiger partial charge in [0, 0.05) is 6.42 Å². The molecule has 0 saturated carbocycles. The second-order valence-electron chi connectivity index (χ2n) is 9.50. The summed E-state index contributed by atoms with van der Waals surface area (Å²) in [6.45, 7) is 8.07. The molecule has 0 radical (unpaired) electrons. The molecule has 3 rings (SSSR count). The van der Waals surface area contributed by atoms with Crippen LogP contribution in [-0.2, 0) is 24.5 Å². The zero-order valence-corrected chi connectivity index (χ0v) is 20.9. The first-order valence-electron chi connectivity index (χ1n) is 11.2. The number of benzene rings is 3. The summed E-state index contributed by atoms with van der Waals surface area (Å²) in [6, 6.07) is 31.2. The summed E-state index contributed by atoms with van der Waals surface area (Å²) in [5.41, 5.74) is 1.23. The van der Waals surface area contributed by atoms with Crippen LogP contribution in [-0.4, -0.2) is 32.5 Å². The van der Waals surface area contributed by atoms with Crippen molar-refractivity contribution < 1.29 is 17.3 Å². The smallest absolute Gasteiger partial charge is 0.264 e. The normalized spacial score (nSPS) is 13.1. The van der Waals surface area contributed by atoms with Gasteiger partial charge in [0.1, 0.15) is 0 Å². The SMILES string of the molecule is CC(C)(CCOC(C)(C)C(c1ccccc1)(c1ccccc1)c1ccccc1)OS(C)(=O)=O. The fourth-order valence-corrected chi connectivity index (χ4v) is 5.62. The predicted molar refractivity (Wildman–Crippen MR) is 134 cm³/mol. The maximum Gasteiger partial charge on any atom is 0.264 e. The highest BCUT2D eigenvalue weighted by atomic mass is 32.2. The topological polar surface area (TPSA) is 52.6 Å². The van der Waals surface area contributed by atoms with Gasteiger partial charge in [-0.2, -0.15) is 8.42 Å². The molecule has 0 bridgehead atoms. The van der Waals surface area contributed by atoms with Gasteiger partial charge in [-0.25, -0.2) is 0 Å². The molecule has 0 heterocycles. The summed E-state index contributed by atoms with van der Waals surface area (Å²) < 4.78 is 35.2. The van der Waals surface area contributed by atoms with E-state index in [4.69, 9.17) is 8.92 Å². The van der Waals surface area contributed by atoms with E-state index in [1.165, 1.54) is 0 Å². The van der Waals surface area contributed by atoms with Crippen LogP contribution in [0, 0.1) is 0 Å². The van der Waals surface area contributed by atoms with Crippen LogP contribution in [0.25, 0.3) is 0 Å². The van der Waals surface area contributed by atoms with Crippen LogP contribution in [0.2, 0.25) is 0 Å². The molecule has 0 saturated heterocycles. The zero-order valence-electron chi connectivity index (χ0n) is 20.1. The summed E-state index contributed by atoms with van der Waals surface area (Å²) in [5, 5.41) is 0. The van der Waals surface area contributed by atoms with Crippen molar-refractivity contribution in [2.45, 2.75) is 50.7 Å². The van der Waals surface area contributed by atoms with E-state index >= 15 is 0 Å². The minimum atomic E-state index is -3.56. The molecule has 5 heteroatoms. The van der Waals surface area contributed by atoms with E-state index in [1.54, 1.807) is 13.8 Å². The van der Waals surface area contributed by atoms with Crippen LogP contribution in [0.5, 0.6) is 0 Å². The molecule has 0 spiro atoms. The van der Waals surface area contributed by atoms with Gasteiger partial charge < -0.3 is 4.74 Å². The second kappa shape index (κ2) is 9.80. The van der Waals surface area contributed by atoms with Crippen molar-refractivity contribution in [3.05, 3.63) is 108 Å². The molecule has 0 aliphatic carbocycles. The Hall–Kier alpha value is -2.47. The maximum atomic E-state index is 11.7. The van der Waals surface area contributed by atoms with E-state index in [9.17, 15) is 8.42 Å². The van der Waals surface area contributed by atoms with Crippen LogP contribution >= 0.6 is 0 Å². The summed E-state index contributed by atoms with van der Waals surface area (Å²) in [5.74, 6) is 0. The predicted octanol–water partition coefficient (Wildman–Crippen LogP) is 5.96. The lowest BCUT2D eigenvalue weighted by Gasteiger charge is -2.48. The monoisotopic (exact) mass is 466 g/mol. The van der Waals surface area contributed by atoms with E-state index in [-0.39, 0.29) is 0 Å². The lowest BCUT2D eigenvalue weighted by Crippen LogP contribution is -2.51. The first kappa shape index (κ1) is 25.2. The molecule has 0 aliphatic rings. The molecule has 0 unspecified atom stereocenters. The third-order valence-corrected chi connectivity index (χ3v) is 6.82. The molecular weight excluding hydrogens is 432 g/mol.